The Bertz CT molecular complexity index is 448. The molecule has 1 N–H and O–H groups in total. The second kappa shape index (κ2) is 4.80. The molecule has 0 saturated heterocycles. The van der Waals surface area contributed by atoms with E-state index in [2.05, 4.69) is 28.7 Å². The van der Waals surface area contributed by atoms with Crippen molar-refractivity contribution in [2.45, 2.75) is 33.4 Å². The van der Waals surface area contributed by atoms with Crippen molar-refractivity contribution in [3.63, 3.8) is 0 Å². The van der Waals surface area contributed by atoms with Crippen LogP contribution in [0.4, 0.5) is 0 Å². The number of nitrogens with one attached hydrogen (secondary N) is 1. The maximum atomic E-state index is 5.48. The van der Waals surface area contributed by atoms with Gasteiger partial charge in [0.25, 0.3) is 0 Å². The molecule has 0 aliphatic rings. The van der Waals surface area contributed by atoms with Crippen LogP contribution in [0.5, 0.6) is 0 Å². The molecule has 1 atom stereocenters. The van der Waals surface area contributed by atoms with Gasteiger partial charge >= 0.3 is 0 Å². The summed E-state index contributed by atoms with van der Waals surface area (Å²) in [4.78, 5) is 4.29. The lowest BCUT2D eigenvalue weighted by atomic mass is 10.2. The molecule has 0 spiro atoms. The van der Waals surface area contributed by atoms with Gasteiger partial charge in [0.15, 0.2) is 0 Å². The normalized spacial score (nSPS) is 12.9. The van der Waals surface area contributed by atoms with E-state index in [1.807, 2.05) is 19.4 Å². The van der Waals surface area contributed by atoms with E-state index < -0.39 is 0 Å². The Kier molecular flexibility index (Phi) is 3.41. The van der Waals surface area contributed by atoms with E-state index in [4.69, 9.17) is 4.42 Å². The topological polar surface area (TPSA) is 38.1 Å². The molecular formula is C12H16N2OS. The van der Waals surface area contributed by atoms with Crippen molar-refractivity contribution < 1.29 is 4.42 Å². The van der Waals surface area contributed by atoms with Crippen molar-refractivity contribution in [2.24, 2.45) is 0 Å². The number of aromatic nitrogens is 1. The summed E-state index contributed by atoms with van der Waals surface area (Å²) in [5, 5.41) is 5.51. The maximum absolute atomic E-state index is 5.48. The Hall–Kier alpha value is -1.13. The van der Waals surface area contributed by atoms with Gasteiger partial charge in [-0.1, -0.05) is 0 Å². The van der Waals surface area contributed by atoms with Crippen molar-refractivity contribution in [1.29, 1.82) is 0 Å². The predicted molar refractivity (Wildman–Crippen MR) is 65.6 cm³/mol. The largest absolute Gasteiger partial charge is 0.466 e. The zero-order valence-electron chi connectivity index (χ0n) is 9.78. The minimum atomic E-state index is 0.279. The van der Waals surface area contributed by atoms with Crippen LogP contribution in [0.2, 0.25) is 0 Å². The first-order valence-electron chi connectivity index (χ1n) is 5.34. The molecule has 0 amide bonds. The van der Waals surface area contributed by atoms with Crippen LogP contribution in [0.25, 0.3) is 0 Å². The number of hydrogen-bond donors (Lipinski definition) is 1. The van der Waals surface area contributed by atoms with Gasteiger partial charge in [-0.05, 0) is 26.8 Å². The molecule has 86 valence electrons. The van der Waals surface area contributed by atoms with Crippen molar-refractivity contribution in [3.05, 3.63) is 39.7 Å². The van der Waals surface area contributed by atoms with E-state index in [-0.39, 0.29) is 6.04 Å². The lowest BCUT2D eigenvalue weighted by molar-refractivity contribution is 0.494. The lowest BCUT2D eigenvalue weighted by Gasteiger charge is -2.10. The highest BCUT2D eigenvalue weighted by atomic mass is 32.1. The average Bonchev–Trinajstić information content (AvgIpc) is 2.84. The summed E-state index contributed by atoms with van der Waals surface area (Å²) in [5.41, 5.74) is 4.18. The Balaban J connectivity index is 1.95. The third kappa shape index (κ3) is 2.51. The zero-order chi connectivity index (χ0) is 11.5. The first-order chi connectivity index (χ1) is 7.66. The molecule has 1 unspecified atom stereocenters. The van der Waals surface area contributed by atoms with Gasteiger partial charge in [-0.2, -0.15) is 0 Å². The van der Waals surface area contributed by atoms with Crippen molar-refractivity contribution >= 4 is 11.3 Å². The molecule has 4 heteroatoms. The van der Waals surface area contributed by atoms with Crippen LogP contribution in [-0.4, -0.2) is 4.98 Å². The Morgan fingerprint density at radius 2 is 2.31 bits per heavy atom. The van der Waals surface area contributed by atoms with Crippen LogP contribution in [0, 0.1) is 13.8 Å². The number of furan rings is 1. The van der Waals surface area contributed by atoms with Crippen LogP contribution in [0.3, 0.4) is 0 Å². The second-order valence-electron chi connectivity index (χ2n) is 3.95. The lowest BCUT2D eigenvalue weighted by Crippen LogP contribution is -2.18. The number of thiazole rings is 1. The molecule has 0 aliphatic carbocycles. The summed E-state index contributed by atoms with van der Waals surface area (Å²) < 4.78 is 5.48. The van der Waals surface area contributed by atoms with Gasteiger partial charge in [0.2, 0.25) is 0 Å². The van der Waals surface area contributed by atoms with Gasteiger partial charge in [-0.15, -0.1) is 11.3 Å². The van der Waals surface area contributed by atoms with Crippen LogP contribution in [-0.2, 0) is 6.54 Å². The monoisotopic (exact) mass is 236 g/mol. The van der Waals surface area contributed by atoms with E-state index in [0.717, 1.165) is 23.8 Å². The number of aryl methyl sites for hydroxylation is 2. The van der Waals surface area contributed by atoms with Gasteiger partial charge in [-0.3, -0.25) is 0 Å². The van der Waals surface area contributed by atoms with Crippen LogP contribution in [0.1, 0.15) is 35.7 Å². The minimum Gasteiger partial charge on any atom is -0.466 e. The standard InChI is InChI=1S/C12H16N2OS/c1-8-4-11(10(3)15-8)5-13-9(2)12-6-16-7-14-12/h4,6-7,9,13H,5H2,1-3H3. The van der Waals surface area contributed by atoms with E-state index in [1.165, 1.54) is 5.56 Å². The Labute approximate surface area is 99.5 Å². The molecule has 0 radical (unpaired) electrons. The van der Waals surface area contributed by atoms with Crippen LogP contribution >= 0.6 is 11.3 Å². The predicted octanol–water partition coefficient (Wildman–Crippen LogP) is 3.20. The Morgan fingerprint density at radius 1 is 1.50 bits per heavy atom. The van der Waals surface area contributed by atoms with Crippen molar-refractivity contribution in [2.75, 3.05) is 0 Å². The molecule has 2 aromatic rings. The summed E-state index contributed by atoms with van der Waals surface area (Å²) in [6.07, 6.45) is 0. The van der Waals surface area contributed by atoms with Gasteiger partial charge in [-0.25, -0.2) is 4.98 Å². The molecule has 2 rings (SSSR count). The highest BCUT2D eigenvalue weighted by Gasteiger charge is 2.09. The van der Waals surface area contributed by atoms with Gasteiger partial charge < -0.3 is 9.73 Å². The first kappa shape index (κ1) is 11.4. The molecule has 2 heterocycles. The van der Waals surface area contributed by atoms with Crippen LogP contribution in [0.15, 0.2) is 21.4 Å². The number of nitrogens with zero attached hydrogens (tertiary/aromatic N) is 1. The highest BCUT2D eigenvalue weighted by molar-refractivity contribution is 7.07. The third-order valence-electron chi connectivity index (χ3n) is 2.64. The number of hydrogen-bond acceptors (Lipinski definition) is 4. The highest BCUT2D eigenvalue weighted by Crippen LogP contribution is 2.16. The summed E-state index contributed by atoms with van der Waals surface area (Å²) in [6, 6.07) is 2.36. The van der Waals surface area contributed by atoms with E-state index in [1.54, 1.807) is 11.3 Å². The minimum absolute atomic E-state index is 0.279. The van der Waals surface area contributed by atoms with Crippen LogP contribution < -0.4 is 5.32 Å². The number of rotatable bonds is 4. The molecule has 16 heavy (non-hydrogen) atoms. The molecule has 3 nitrogen and oxygen atoms in total. The van der Waals surface area contributed by atoms with E-state index in [9.17, 15) is 0 Å². The Morgan fingerprint density at radius 3 is 2.88 bits per heavy atom. The molecule has 2 aromatic heterocycles. The van der Waals surface area contributed by atoms with Gasteiger partial charge in [0, 0.05) is 23.5 Å². The van der Waals surface area contributed by atoms with Crippen molar-refractivity contribution in [3.8, 4) is 0 Å². The molecule has 0 saturated carbocycles. The molecular weight excluding hydrogens is 220 g/mol. The molecule has 0 bridgehead atoms. The summed E-state index contributed by atoms with van der Waals surface area (Å²) >= 11 is 1.63. The molecule has 0 fully saturated rings. The van der Waals surface area contributed by atoms with E-state index in [0.29, 0.717) is 0 Å². The van der Waals surface area contributed by atoms with Gasteiger partial charge in [0.1, 0.15) is 11.5 Å². The fourth-order valence-electron chi connectivity index (χ4n) is 1.66. The fourth-order valence-corrected chi connectivity index (χ4v) is 2.31. The SMILES string of the molecule is Cc1cc(CNC(C)c2cscn2)c(C)o1. The quantitative estimate of drug-likeness (QED) is 0.885. The smallest absolute Gasteiger partial charge is 0.105 e. The van der Waals surface area contributed by atoms with Crippen molar-refractivity contribution in [1.82, 2.24) is 10.3 Å². The summed E-state index contributed by atoms with van der Waals surface area (Å²) in [5.74, 6) is 1.96. The zero-order valence-corrected chi connectivity index (χ0v) is 10.6. The summed E-state index contributed by atoms with van der Waals surface area (Å²) in [7, 11) is 0. The summed E-state index contributed by atoms with van der Waals surface area (Å²) in [6.45, 7) is 6.91. The maximum Gasteiger partial charge on any atom is 0.105 e. The van der Waals surface area contributed by atoms with E-state index >= 15 is 0 Å². The second-order valence-corrected chi connectivity index (χ2v) is 4.67. The third-order valence-corrected chi connectivity index (χ3v) is 3.24. The first-order valence-corrected chi connectivity index (χ1v) is 6.28. The fraction of sp³-hybridized carbons (Fsp3) is 0.417. The molecule has 0 aromatic carbocycles. The van der Waals surface area contributed by atoms with Gasteiger partial charge in [0.05, 0.1) is 11.2 Å². The average molecular weight is 236 g/mol. The molecule has 0 aliphatic heterocycles.